The van der Waals surface area contributed by atoms with Gasteiger partial charge < -0.3 is 19.5 Å². The first-order valence-electron chi connectivity index (χ1n) is 13.6. The first-order valence-corrected chi connectivity index (χ1v) is 13.6. The quantitative estimate of drug-likeness (QED) is 0.638. The predicted molar refractivity (Wildman–Crippen MR) is 138 cm³/mol. The summed E-state index contributed by atoms with van der Waals surface area (Å²) in [6.07, 6.45) is 8.37. The Labute approximate surface area is 213 Å². The Bertz CT molecular complexity index is 1140. The molecule has 2 amide bonds. The zero-order valence-electron chi connectivity index (χ0n) is 21.3. The normalized spacial score (nSPS) is 21.6. The number of ketones is 1. The average Bonchev–Trinajstić information content (AvgIpc) is 3.23. The van der Waals surface area contributed by atoms with E-state index < -0.39 is 0 Å². The van der Waals surface area contributed by atoms with Crippen molar-refractivity contribution in [3.63, 3.8) is 0 Å². The first-order chi connectivity index (χ1) is 17.5. The van der Waals surface area contributed by atoms with E-state index in [1.54, 1.807) is 4.90 Å². The number of Topliss-reactive ketones (excluding diaryl/α,β-unsaturated/α-hetero) is 1. The Morgan fingerprint density at radius 3 is 2.72 bits per heavy atom. The number of benzene rings is 1. The van der Waals surface area contributed by atoms with Gasteiger partial charge in [-0.2, -0.15) is 0 Å². The molecule has 3 heterocycles. The summed E-state index contributed by atoms with van der Waals surface area (Å²) in [7, 11) is 0. The highest BCUT2D eigenvalue weighted by molar-refractivity contribution is 6.04. The number of carbonyl (C=O) groups is 3. The highest BCUT2D eigenvalue weighted by Gasteiger charge is 2.30. The highest BCUT2D eigenvalue weighted by atomic mass is 16.5. The number of rotatable bonds is 1. The van der Waals surface area contributed by atoms with Crippen LogP contribution in [0.1, 0.15) is 89.0 Å². The Hall–Kier alpha value is -3.09. The molecule has 1 atom stereocenters. The Morgan fingerprint density at radius 1 is 0.972 bits per heavy atom. The van der Waals surface area contributed by atoms with Gasteiger partial charge in [-0.05, 0) is 81.5 Å². The molecule has 2 aliphatic heterocycles. The maximum atomic E-state index is 13.7. The minimum Gasteiger partial charge on any atom is -0.492 e. The lowest BCUT2D eigenvalue weighted by Crippen LogP contribution is -2.44. The summed E-state index contributed by atoms with van der Waals surface area (Å²) in [4.78, 5) is 46.5. The van der Waals surface area contributed by atoms with Gasteiger partial charge in [0.2, 0.25) is 5.91 Å². The van der Waals surface area contributed by atoms with Crippen LogP contribution >= 0.6 is 0 Å². The van der Waals surface area contributed by atoms with Crippen molar-refractivity contribution >= 4 is 17.6 Å². The third-order valence-corrected chi connectivity index (χ3v) is 8.00. The summed E-state index contributed by atoms with van der Waals surface area (Å²) in [6.45, 7) is 3.96. The molecule has 1 aromatic heterocycles. The highest BCUT2D eigenvalue weighted by Crippen LogP contribution is 2.28. The van der Waals surface area contributed by atoms with E-state index in [2.05, 4.69) is 22.0 Å². The number of aromatic amines is 1. The van der Waals surface area contributed by atoms with Crippen LogP contribution in [0.25, 0.3) is 0 Å². The van der Waals surface area contributed by atoms with Gasteiger partial charge in [0.25, 0.3) is 5.91 Å². The lowest BCUT2D eigenvalue weighted by molar-refractivity contribution is -0.135. The largest absolute Gasteiger partial charge is 0.492 e. The molecule has 192 valence electrons. The fourth-order valence-electron chi connectivity index (χ4n) is 6.05. The monoisotopic (exact) mass is 491 g/mol. The van der Waals surface area contributed by atoms with E-state index in [4.69, 9.17) is 4.74 Å². The number of nitrogens with one attached hydrogen (secondary N) is 1. The second-order valence-corrected chi connectivity index (χ2v) is 10.4. The number of ether oxygens (including phenoxy) is 1. The number of fused-ring (bicyclic) bond motifs is 4. The van der Waals surface area contributed by atoms with Crippen molar-refractivity contribution in [2.75, 3.05) is 26.2 Å². The molecule has 0 saturated carbocycles. The van der Waals surface area contributed by atoms with E-state index in [1.807, 2.05) is 19.1 Å². The Morgan fingerprint density at radius 2 is 1.86 bits per heavy atom. The summed E-state index contributed by atoms with van der Waals surface area (Å²) >= 11 is 0. The van der Waals surface area contributed by atoms with Crippen LogP contribution in [0.5, 0.6) is 5.75 Å². The van der Waals surface area contributed by atoms with E-state index in [0.29, 0.717) is 50.2 Å². The van der Waals surface area contributed by atoms with Crippen LogP contribution < -0.4 is 4.74 Å². The second kappa shape index (κ2) is 10.9. The number of H-pyrrole nitrogens is 1. The number of hydrogen-bond donors (Lipinski definition) is 1. The molecule has 1 aliphatic carbocycles. The van der Waals surface area contributed by atoms with E-state index in [9.17, 15) is 14.4 Å². The molecular weight excluding hydrogens is 454 g/mol. The minimum atomic E-state index is -0.125. The van der Waals surface area contributed by atoms with Crippen LogP contribution in [0.2, 0.25) is 0 Å². The maximum Gasteiger partial charge on any atom is 0.270 e. The van der Waals surface area contributed by atoms with Crippen LogP contribution in [0, 0.1) is 6.92 Å². The number of nitrogens with zero attached hydrogens (tertiary/aromatic N) is 2. The Balaban J connectivity index is 1.37. The number of carbonyl (C=O) groups excluding carboxylic acids is 3. The van der Waals surface area contributed by atoms with Crippen molar-refractivity contribution in [1.82, 2.24) is 14.8 Å². The van der Waals surface area contributed by atoms with Gasteiger partial charge in [-0.15, -0.1) is 0 Å². The maximum absolute atomic E-state index is 13.7. The molecule has 1 saturated heterocycles. The van der Waals surface area contributed by atoms with Crippen LogP contribution in [0.3, 0.4) is 0 Å². The molecule has 3 aliphatic rings. The summed E-state index contributed by atoms with van der Waals surface area (Å²) in [6, 6.07) is 8.45. The minimum absolute atomic E-state index is 0.117. The average molecular weight is 492 g/mol. The third-order valence-electron chi connectivity index (χ3n) is 8.00. The lowest BCUT2D eigenvalue weighted by Gasteiger charge is -2.36. The van der Waals surface area contributed by atoms with Gasteiger partial charge in [-0.1, -0.05) is 12.1 Å². The molecule has 0 spiro atoms. The van der Waals surface area contributed by atoms with Gasteiger partial charge in [0.15, 0.2) is 5.78 Å². The van der Waals surface area contributed by atoms with Gasteiger partial charge in [0.05, 0.1) is 6.54 Å². The number of hydrogen-bond acceptors (Lipinski definition) is 4. The van der Waals surface area contributed by atoms with Crippen molar-refractivity contribution in [3.05, 3.63) is 52.3 Å². The van der Waals surface area contributed by atoms with Crippen molar-refractivity contribution in [2.24, 2.45) is 0 Å². The van der Waals surface area contributed by atoms with Crippen molar-refractivity contribution in [2.45, 2.75) is 77.2 Å². The summed E-state index contributed by atoms with van der Waals surface area (Å²) in [5.74, 6) is 0.998. The first kappa shape index (κ1) is 24.6. The number of aromatic nitrogens is 1. The summed E-state index contributed by atoms with van der Waals surface area (Å²) < 4.78 is 6.06. The van der Waals surface area contributed by atoms with Crippen LogP contribution in [0.4, 0.5) is 0 Å². The number of piperidine rings is 1. The van der Waals surface area contributed by atoms with E-state index in [0.717, 1.165) is 62.1 Å². The van der Waals surface area contributed by atoms with Crippen molar-refractivity contribution in [1.29, 1.82) is 0 Å². The summed E-state index contributed by atoms with van der Waals surface area (Å²) in [5.41, 5.74) is 4.03. The number of aryl methyl sites for hydroxylation is 2. The molecule has 1 aromatic carbocycles. The molecule has 7 heteroatoms. The smallest absolute Gasteiger partial charge is 0.270 e. The lowest BCUT2D eigenvalue weighted by atomic mass is 9.93. The molecule has 1 N–H and O–H groups in total. The van der Waals surface area contributed by atoms with Crippen molar-refractivity contribution in [3.8, 4) is 5.75 Å². The van der Waals surface area contributed by atoms with Crippen LogP contribution in [0.15, 0.2) is 24.3 Å². The molecule has 1 fully saturated rings. The van der Waals surface area contributed by atoms with Crippen LogP contribution in [-0.2, 0) is 17.6 Å². The van der Waals surface area contributed by atoms with E-state index in [1.165, 1.54) is 12.0 Å². The summed E-state index contributed by atoms with van der Waals surface area (Å²) in [5, 5.41) is 0. The predicted octanol–water partition coefficient (Wildman–Crippen LogP) is 4.47. The van der Waals surface area contributed by atoms with Gasteiger partial charge in [-0.25, -0.2) is 0 Å². The molecule has 1 unspecified atom stereocenters. The fraction of sp³-hybridized carbons (Fsp3) is 0.552. The topological polar surface area (TPSA) is 82.7 Å². The van der Waals surface area contributed by atoms with Gasteiger partial charge in [0.1, 0.15) is 18.1 Å². The zero-order valence-corrected chi connectivity index (χ0v) is 21.3. The Kier molecular flexibility index (Phi) is 7.44. The molecule has 0 radical (unpaired) electrons. The third kappa shape index (κ3) is 5.20. The van der Waals surface area contributed by atoms with E-state index in [-0.39, 0.29) is 23.6 Å². The van der Waals surface area contributed by atoms with Gasteiger partial charge >= 0.3 is 0 Å². The molecule has 7 nitrogen and oxygen atoms in total. The SMILES string of the molecule is Cc1c(C(=O)N2CCCC(=O)N3CCCCC3CCc3cccc(c3)OCC2)[nH]c2c1C(=O)CCC2. The zero-order chi connectivity index (χ0) is 25.1. The molecule has 2 aromatic rings. The molecular formula is C29H37N3O4. The van der Waals surface area contributed by atoms with Gasteiger partial charge in [-0.3, -0.25) is 14.4 Å². The van der Waals surface area contributed by atoms with Gasteiger partial charge in [0, 0.05) is 43.2 Å². The standard InChI is InChI=1S/C29H37N3O4/c1-20-27-24(10-5-11-25(27)33)30-28(20)29(35)31-15-6-12-26(34)32-16-3-2-8-22(32)14-13-21-7-4-9-23(19-21)36-18-17-31/h4,7,9,19,22,30H,2-3,5-6,8,10-18H2,1H3. The van der Waals surface area contributed by atoms with E-state index >= 15 is 0 Å². The molecule has 2 bridgehead atoms. The van der Waals surface area contributed by atoms with Crippen LogP contribution in [-0.4, -0.2) is 64.7 Å². The molecule has 36 heavy (non-hydrogen) atoms. The molecule has 5 rings (SSSR count). The fourth-order valence-corrected chi connectivity index (χ4v) is 6.05. The van der Waals surface area contributed by atoms with Crippen molar-refractivity contribution < 1.29 is 19.1 Å². The number of amides is 2. The second-order valence-electron chi connectivity index (χ2n) is 10.4.